The van der Waals surface area contributed by atoms with E-state index in [-0.39, 0.29) is 0 Å². The highest BCUT2D eigenvalue weighted by Crippen LogP contribution is 2.05. The molecule has 0 atom stereocenters. The van der Waals surface area contributed by atoms with Gasteiger partial charge in [-0.1, -0.05) is 0 Å². The standard InChI is InChI=1S/C5H10N2/c6-4-5-2-1-3-7-5/h4,7H,1-3,6H2. The maximum atomic E-state index is 5.21. The van der Waals surface area contributed by atoms with Crippen LogP contribution in [0.3, 0.4) is 0 Å². The normalized spacial score (nSPS) is 25.4. The molecule has 0 aromatic heterocycles. The van der Waals surface area contributed by atoms with Gasteiger partial charge in [0.25, 0.3) is 0 Å². The van der Waals surface area contributed by atoms with Gasteiger partial charge in [-0.3, -0.25) is 0 Å². The summed E-state index contributed by atoms with van der Waals surface area (Å²) in [4.78, 5) is 0. The fraction of sp³-hybridized carbons (Fsp3) is 0.600. The van der Waals surface area contributed by atoms with Gasteiger partial charge in [0, 0.05) is 18.4 Å². The summed E-state index contributed by atoms with van der Waals surface area (Å²) in [6.45, 7) is 1.10. The van der Waals surface area contributed by atoms with Crippen LogP contribution in [0.15, 0.2) is 11.9 Å². The molecule has 1 heterocycles. The van der Waals surface area contributed by atoms with E-state index in [0.29, 0.717) is 0 Å². The van der Waals surface area contributed by atoms with Crippen molar-refractivity contribution in [1.29, 1.82) is 0 Å². The first-order valence-corrected chi connectivity index (χ1v) is 2.58. The maximum absolute atomic E-state index is 5.21. The smallest absolute Gasteiger partial charge is 0.0265 e. The Hall–Kier alpha value is -0.660. The molecule has 2 nitrogen and oxygen atoms in total. The maximum Gasteiger partial charge on any atom is 0.0265 e. The van der Waals surface area contributed by atoms with E-state index in [4.69, 9.17) is 5.73 Å². The van der Waals surface area contributed by atoms with E-state index < -0.39 is 0 Å². The number of nitrogens with one attached hydrogen (secondary N) is 1. The summed E-state index contributed by atoms with van der Waals surface area (Å²) in [6, 6.07) is 0. The Morgan fingerprint density at radius 1 is 1.71 bits per heavy atom. The van der Waals surface area contributed by atoms with Crippen molar-refractivity contribution in [3.63, 3.8) is 0 Å². The molecule has 0 saturated carbocycles. The van der Waals surface area contributed by atoms with Crippen LogP contribution < -0.4 is 11.1 Å². The van der Waals surface area contributed by atoms with Crippen LogP contribution in [0.25, 0.3) is 0 Å². The zero-order valence-corrected chi connectivity index (χ0v) is 4.28. The third-order valence-corrected chi connectivity index (χ3v) is 1.18. The first-order valence-electron chi connectivity index (χ1n) is 2.58. The predicted molar refractivity (Wildman–Crippen MR) is 29.5 cm³/mol. The van der Waals surface area contributed by atoms with Crippen molar-refractivity contribution in [1.82, 2.24) is 5.32 Å². The molecule has 1 aliphatic heterocycles. The van der Waals surface area contributed by atoms with Crippen LogP contribution in [0.4, 0.5) is 0 Å². The molecule has 0 unspecified atom stereocenters. The first-order chi connectivity index (χ1) is 3.43. The van der Waals surface area contributed by atoms with Crippen LogP contribution in [-0.4, -0.2) is 6.54 Å². The van der Waals surface area contributed by atoms with E-state index in [1.807, 2.05) is 0 Å². The molecule has 40 valence electrons. The van der Waals surface area contributed by atoms with Crippen LogP contribution in [0.5, 0.6) is 0 Å². The van der Waals surface area contributed by atoms with E-state index in [2.05, 4.69) is 5.32 Å². The summed E-state index contributed by atoms with van der Waals surface area (Å²) in [6.07, 6.45) is 4.02. The Bertz CT molecular complexity index is 78.1. The van der Waals surface area contributed by atoms with E-state index >= 15 is 0 Å². The van der Waals surface area contributed by atoms with E-state index in [1.165, 1.54) is 12.1 Å². The van der Waals surface area contributed by atoms with Crippen LogP contribution in [0, 0.1) is 0 Å². The Labute approximate surface area is 43.4 Å². The molecule has 0 bridgehead atoms. The fourth-order valence-electron chi connectivity index (χ4n) is 0.758. The molecule has 0 spiro atoms. The van der Waals surface area contributed by atoms with Gasteiger partial charge in [-0.15, -0.1) is 0 Å². The van der Waals surface area contributed by atoms with E-state index in [1.54, 1.807) is 6.20 Å². The van der Waals surface area contributed by atoms with Gasteiger partial charge in [0.15, 0.2) is 0 Å². The lowest BCUT2D eigenvalue weighted by Crippen LogP contribution is -2.04. The summed E-state index contributed by atoms with van der Waals surface area (Å²) in [5.41, 5.74) is 6.40. The molecule has 1 aliphatic rings. The van der Waals surface area contributed by atoms with Gasteiger partial charge in [0.2, 0.25) is 0 Å². The lowest BCUT2D eigenvalue weighted by Gasteiger charge is -1.90. The molecule has 1 saturated heterocycles. The number of allylic oxidation sites excluding steroid dienone is 1. The summed E-state index contributed by atoms with van der Waals surface area (Å²) < 4.78 is 0. The van der Waals surface area contributed by atoms with Crippen molar-refractivity contribution in [2.75, 3.05) is 6.54 Å². The third kappa shape index (κ3) is 0.856. The van der Waals surface area contributed by atoms with Gasteiger partial charge in [0.05, 0.1) is 0 Å². The summed E-state index contributed by atoms with van der Waals surface area (Å²) in [5, 5.41) is 3.14. The first kappa shape index (κ1) is 4.50. The molecule has 0 amide bonds. The van der Waals surface area contributed by atoms with Crippen molar-refractivity contribution >= 4 is 0 Å². The molecule has 7 heavy (non-hydrogen) atoms. The second kappa shape index (κ2) is 1.87. The van der Waals surface area contributed by atoms with Crippen molar-refractivity contribution in [3.8, 4) is 0 Å². The molecule has 0 aromatic rings. The number of rotatable bonds is 0. The molecule has 1 fully saturated rings. The molecular formula is C5H10N2. The zero-order chi connectivity index (χ0) is 5.11. The number of nitrogens with two attached hydrogens (primary N) is 1. The Kier molecular flexibility index (Phi) is 1.20. The van der Waals surface area contributed by atoms with Crippen molar-refractivity contribution in [2.24, 2.45) is 5.73 Å². The van der Waals surface area contributed by atoms with Gasteiger partial charge in [0.1, 0.15) is 0 Å². The van der Waals surface area contributed by atoms with Gasteiger partial charge in [-0.05, 0) is 12.8 Å². The molecule has 0 aliphatic carbocycles. The molecule has 0 radical (unpaired) electrons. The second-order valence-corrected chi connectivity index (χ2v) is 1.72. The monoisotopic (exact) mass is 98.1 g/mol. The minimum atomic E-state index is 1.10. The van der Waals surface area contributed by atoms with Crippen LogP contribution in [0.2, 0.25) is 0 Å². The van der Waals surface area contributed by atoms with E-state index in [9.17, 15) is 0 Å². The topological polar surface area (TPSA) is 38.0 Å². The molecule has 0 aromatic carbocycles. The van der Waals surface area contributed by atoms with Crippen molar-refractivity contribution in [2.45, 2.75) is 12.8 Å². The van der Waals surface area contributed by atoms with Gasteiger partial charge in [-0.2, -0.15) is 0 Å². The predicted octanol–water partition coefficient (Wildman–Crippen LogP) is 0.170. The van der Waals surface area contributed by atoms with Crippen LogP contribution in [0.1, 0.15) is 12.8 Å². The summed E-state index contributed by atoms with van der Waals surface area (Å²) >= 11 is 0. The average molecular weight is 98.1 g/mol. The summed E-state index contributed by atoms with van der Waals surface area (Å²) in [5.74, 6) is 0. The highest BCUT2D eigenvalue weighted by Gasteiger charge is 2.01. The van der Waals surface area contributed by atoms with Gasteiger partial charge >= 0.3 is 0 Å². The largest absolute Gasteiger partial charge is 0.403 e. The van der Waals surface area contributed by atoms with Crippen molar-refractivity contribution < 1.29 is 0 Å². The van der Waals surface area contributed by atoms with E-state index in [0.717, 1.165) is 13.0 Å². The molecular weight excluding hydrogens is 88.1 g/mol. The molecule has 3 N–H and O–H groups in total. The van der Waals surface area contributed by atoms with Crippen LogP contribution >= 0.6 is 0 Å². The second-order valence-electron chi connectivity index (χ2n) is 1.72. The van der Waals surface area contributed by atoms with Gasteiger partial charge in [-0.25, -0.2) is 0 Å². The van der Waals surface area contributed by atoms with Crippen LogP contribution in [-0.2, 0) is 0 Å². The Balaban J connectivity index is 2.41. The highest BCUT2D eigenvalue weighted by molar-refractivity contribution is 5.00. The Morgan fingerprint density at radius 3 is 2.86 bits per heavy atom. The lowest BCUT2D eigenvalue weighted by atomic mass is 10.3. The highest BCUT2D eigenvalue weighted by atomic mass is 14.9. The minimum Gasteiger partial charge on any atom is -0.403 e. The SMILES string of the molecule is NC=C1CCCN1. The van der Waals surface area contributed by atoms with Crippen molar-refractivity contribution in [3.05, 3.63) is 11.9 Å². The van der Waals surface area contributed by atoms with Gasteiger partial charge < -0.3 is 11.1 Å². The summed E-state index contributed by atoms with van der Waals surface area (Å²) in [7, 11) is 0. The minimum absolute atomic E-state index is 1.10. The zero-order valence-electron chi connectivity index (χ0n) is 4.28. The lowest BCUT2D eigenvalue weighted by molar-refractivity contribution is 0.902. The quantitative estimate of drug-likeness (QED) is 0.453. The average Bonchev–Trinajstić information content (AvgIpc) is 2.14. The fourth-order valence-corrected chi connectivity index (χ4v) is 0.758. The number of hydrogen-bond donors (Lipinski definition) is 2. The Morgan fingerprint density at radius 2 is 2.57 bits per heavy atom. The number of hydrogen-bond acceptors (Lipinski definition) is 2. The molecule has 1 rings (SSSR count). The molecule has 2 heteroatoms. The third-order valence-electron chi connectivity index (χ3n) is 1.18.